The van der Waals surface area contributed by atoms with Crippen molar-refractivity contribution in [3.8, 4) is 11.1 Å². The first-order valence-electron chi connectivity index (χ1n) is 9.55. The lowest BCUT2D eigenvalue weighted by Crippen LogP contribution is -2.45. The van der Waals surface area contributed by atoms with Crippen molar-refractivity contribution in [3.63, 3.8) is 0 Å². The number of carbonyl (C=O) groups excluding carboxylic acids is 2. The Kier molecular flexibility index (Phi) is 6.07. The normalized spacial score (nSPS) is 20.7. The van der Waals surface area contributed by atoms with Gasteiger partial charge in [-0.05, 0) is 36.0 Å². The van der Waals surface area contributed by atoms with Gasteiger partial charge in [0, 0.05) is 0 Å². The third kappa shape index (κ3) is 4.64. The molecule has 0 spiro atoms. The first-order valence-corrected chi connectivity index (χ1v) is 9.55. The molecule has 1 amide bonds. The number of amides is 1. The molecule has 1 heterocycles. The molecular formula is C23H27NO3. The summed E-state index contributed by atoms with van der Waals surface area (Å²) in [7, 11) is 0. The molecule has 1 aliphatic rings. The van der Waals surface area contributed by atoms with Crippen LogP contribution in [0, 0.1) is 5.92 Å². The lowest BCUT2D eigenvalue weighted by Gasteiger charge is -2.23. The van der Waals surface area contributed by atoms with E-state index in [1.54, 1.807) is 0 Å². The molecule has 4 nitrogen and oxygen atoms in total. The van der Waals surface area contributed by atoms with Gasteiger partial charge in [0.15, 0.2) is 5.78 Å². The number of hydrogen-bond donors (Lipinski definition) is 1. The summed E-state index contributed by atoms with van der Waals surface area (Å²) in [6, 6.07) is 17.7. The molecule has 1 aliphatic heterocycles. The average molecular weight is 365 g/mol. The standard InChI is InChI=1S/C23H27NO3/c1-15(2)12-20(23(26)24-22-16(3)27-14-21(22)25)19-11-7-10-18(13-19)17-8-5-4-6-9-17/h4-11,13,15-16,20,22H,12,14H2,1-3H3,(H,24,26)/t16?,20-,22-/m1/s1. The number of benzene rings is 2. The number of ketones is 1. The van der Waals surface area contributed by atoms with Crippen molar-refractivity contribution >= 4 is 11.7 Å². The van der Waals surface area contributed by atoms with Gasteiger partial charge in [-0.3, -0.25) is 9.59 Å². The van der Waals surface area contributed by atoms with Crippen molar-refractivity contribution in [1.82, 2.24) is 5.32 Å². The molecule has 1 N–H and O–H groups in total. The summed E-state index contributed by atoms with van der Waals surface area (Å²) in [5.41, 5.74) is 3.18. The van der Waals surface area contributed by atoms with Crippen molar-refractivity contribution in [3.05, 3.63) is 60.2 Å². The summed E-state index contributed by atoms with van der Waals surface area (Å²) in [6.45, 7) is 6.11. The number of hydrogen-bond acceptors (Lipinski definition) is 3. The summed E-state index contributed by atoms with van der Waals surface area (Å²) in [5, 5.41) is 2.93. The number of carbonyl (C=O) groups is 2. The van der Waals surface area contributed by atoms with E-state index in [0.717, 1.165) is 23.1 Å². The third-order valence-corrected chi connectivity index (χ3v) is 5.02. The van der Waals surface area contributed by atoms with Gasteiger partial charge < -0.3 is 10.1 Å². The summed E-state index contributed by atoms with van der Waals surface area (Å²) in [4.78, 5) is 25.1. The fourth-order valence-electron chi connectivity index (χ4n) is 3.54. The zero-order valence-electron chi connectivity index (χ0n) is 16.1. The Morgan fingerprint density at radius 2 is 1.81 bits per heavy atom. The molecule has 0 bridgehead atoms. The number of ether oxygens (including phenoxy) is 1. The van der Waals surface area contributed by atoms with Crippen LogP contribution in [0.15, 0.2) is 54.6 Å². The van der Waals surface area contributed by atoms with Gasteiger partial charge in [-0.25, -0.2) is 0 Å². The quantitative estimate of drug-likeness (QED) is 0.843. The minimum atomic E-state index is -0.551. The Balaban J connectivity index is 1.86. The van der Waals surface area contributed by atoms with Crippen molar-refractivity contribution in [2.75, 3.05) is 6.61 Å². The van der Waals surface area contributed by atoms with E-state index in [4.69, 9.17) is 4.74 Å². The second-order valence-electron chi connectivity index (χ2n) is 7.64. The molecule has 3 atom stereocenters. The maximum absolute atomic E-state index is 13.1. The van der Waals surface area contributed by atoms with E-state index in [0.29, 0.717) is 5.92 Å². The maximum atomic E-state index is 13.1. The van der Waals surface area contributed by atoms with Gasteiger partial charge in [0.1, 0.15) is 12.6 Å². The highest BCUT2D eigenvalue weighted by Gasteiger charge is 2.35. The molecule has 0 aliphatic carbocycles. The zero-order chi connectivity index (χ0) is 19.4. The van der Waals surface area contributed by atoms with Crippen molar-refractivity contribution in [2.24, 2.45) is 5.92 Å². The minimum absolute atomic E-state index is 0.0582. The first-order chi connectivity index (χ1) is 13.0. The molecular weight excluding hydrogens is 338 g/mol. The Bertz CT molecular complexity index is 800. The number of nitrogens with one attached hydrogen (secondary N) is 1. The number of rotatable bonds is 6. The van der Waals surface area contributed by atoms with Crippen LogP contribution >= 0.6 is 0 Å². The molecule has 2 aromatic carbocycles. The average Bonchev–Trinajstić information content (AvgIpc) is 2.98. The van der Waals surface area contributed by atoms with Crippen LogP contribution in [-0.2, 0) is 14.3 Å². The smallest absolute Gasteiger partial charge is 0.228 e. The van der Waals surface area contributed by atoms with Gasteiger partial charge in [-0.2, -0.15) is 0 Å². The summed E-state index contributed by atoms with van der Waals surface area (Å²) < 4.78 is 5.36. The van der Waals surface area contributed by atoms with Gasteiger partial charge in [-0.1, -0.05) is 68.4 Å². The maximum Gasteiger partial charge on any atom is 0.228 e. The Labute approximate surface area is 160 Å². The highest BCUT2D eigenvalue weighted by Crippen LogP contribution is 2.29. The second kappa shape index (κ2) is 8.49. The lowest BCUT2D eigenvalue weighted by atomic mass is 9.87. The molecule has 3 rings (SSSR count). The predicted molar refractivity (Wildman–Crippen MR) is 106 cm³/mol. The molecule has 1 fully saturated rings. The first kappa shape index (κ1) is 19.3. The fraction of sp³-hybridized carbons (Fsp3) is 0.391. The molecule has 2 aromatic rings. The molecule has 1 saturated heterocycles. The van der Waals surface area contributed by atoms with E-state index < -0.39 is 6.04 Å². The highest BCUT2D eigenvalue weighted by molar-refractivity contribution is 5.93. The highest BCUT2D eigenvalue weighted by atomic mass is 16.5. The van der Waals surface area contributed by atoms with Gasteiger partial charge in [0.2, 0.25) is 5.91 Å². The summed E-state index contributed by atoms with van der Waals surface area (Å²) in [5.74, 6) is -0.106. The second-order valence-corrected chi connectivity index (χ2v) is 7.64. The Morgan fingerprint density at radius 3 is 2.44 bits per heavy atom. The largest absolute Gasteiger partial charge is 0.368 e. The third-order valence-electron chi connectivity index (χ3n) is 5.02. The molecule has 27 heavy (non-hydrogen) atoms. The predicted octanol–water partition coefficient (Wildman–Crippen LogP) is 3.96. The zero-order valence-corrected chi connectivity index (χ0v) is 16.1. The summed E-state index contributed by atoms with van der Waals surface area (Å²) in [6.07, 6.45) is 0.442. The molecule has 0 radical (unpaired) electrons. The van der Waals surface area contributed by atoms with E-state index in [1.807, 2.05) is 37.3 Å². The van der Waals surface area contributed by atoms with Crippen LogP contribution < -0.4 is 5.32 Å². The van der Waals surface area contributed by atoms with E-state index in [1.165, 1.54) is 0 Å². The number of Topliss-reactive ketones (excluding diaryl/α,β-unsaturated/α-hetero) is 1. The van der Waals surface area contributed by atoms with Crippen molar-refractivity contribution in [2.45, 2.75) is 45.3 Å². The lowest BCUT2D eigenvalue weighted by molar-refractivity contribution is -0.127. The van der Waals surface area contributed by atoms with Crippen LogP contribution in [0.3, 0.4) is 0 Å². The van der Waals surface area contributed by atoms with Crippen molar-refractivity contribution in [1.29, 1.82) is 0 Å². The topological polar surface area (TPSA) is 55.4 Å². The van der Waals surface area contributed by atoms with Crippen molar-refractivity contribution < 1.29 is 14.3 Å². The minimum Gasteiger partial charge on any atom is -0.368 e. The van der Waals surface area contributed by atoms with Crippen LogP contribution in [-0.4, -0.2) is 30.4 Å². The summed E-state index contributed by atoms with van der Waals surface area (Å²) >= 11 is 0. The SMILES string of the molecule is CC(C)C[C@@H](C(=O)N[C@H]1C(=O)COC1C)c1cccc(-c2ccccc2)c1. The van der Waals surface area contributed by atoms with E-state index in [-0.39, 0.29) is 30.3 Å². The Hall–Kier alpha value is -2.46. The van der Waals surface area contributed by atoms with Crippen LogP contribution in [0.2, 0.25) is 0 Å². The monoisotopic (exact) mass is 365 g/mol. The van der Waals surface area contributed by atoms with Crippen LogP contribution in [0.5, 0.6) is 0 Å². The van der Waals surface area contributed by atoms with Gasteiger partial charge in [0.05, 0.1) is 12.0 Å². The van der Waals surface area contributed by atoms with Crippen LogP contribution in [0.25, 0.3) is 11.1 Å². The van der Waals surface area contributed by atoms with Gasteiger partial charge >= 0.3 is 0 Å². The molecule has 4 heteroatoms. The van der Waals surface area contributed by atoms with E-state index >= 15 is 0 Å². The molecule has 142 valence electrons. The molecule has 0 aromatic heterocycles. The Morgan fingerprint density at radius 1 is 1.11 bits per heavy atom. The van der Waals surface area contributed by atoms with Gasteiger partial charge in [0.25, 0.3) is 0 Å². The van der Waals surface area contributed by atoms with Gasteiger partial charge in [-0.15, -0.1) is 0 Å². The van der Waals surface area contributed by atoms with Crippen LogP contribution in [0.1, 0.15) is 38.7 Å². The molecule has 0 saturated carbocycles. The fourth-order valence-corrected chi connectivity index (χ4v) is 3.54. The van der Waals surface area contributed by atoms with E-state index in [9.17, 15) is 9.59 Å². The van der Waals surface area contributed by atoms with E-state index in [2.05, 4.69) is 43.4 Å². The van der Waals surface area contributed by atoms with Crippen LogP contribution in [0.4, 0.5) is 0 Å². The molecule has 1 unspecified atom stereocenters.